The second kappa shape index (κ2) is 5.22. The standard InChI is InChI=1S/C8H16N4O2S/c1-15(13,14)6-5-12-7-8(10-11-12)3-2-4-9/h7H,2-6,9H2,1H3. The SMILES string of the molecule is CS(=O)(=O)CCn1cc(CCCN)nn1. The molecule has 86 valence electrons. The highest BCUT2D eigenvalue weighted by Gasteiger charge is 2.04. The van der Waals surface area contributed by atoms with E-state index in [0.717, 1.165) is 18.5 Å². The lowest BCUT2D eigenvalue weighted by molar-refractivity contribution is 0.579. The Morgan fingerprint density at radius 3 is 2.87 bits per heavy atom. The first-order valence-corrected chi connectivity index (χ1v) is 6.84. The molecule has 0 unspecified atom stereocenters. The predicted molar refractivity (Wildman–Crippen MR) is 57.1 cm³/mol. The van der Waals surface area contributed by atoms with Gasteiger partial charge in [-0.05, 0) is 19.4 Å². The summed E-state index contributed by atoms with van der Waals surface area (Å²) in [5, 5.41) is 7.75. The molecule has 0 amide bonds. The molecule has 0 aromatic carbocycles. The van der Waals surface area contributed by atoms with E-state index in [2.05, 4.69) is 10.3 Å². The lowest BCUT2D eigenvalue weighted by Crippen LogP contribution is -2.11. The average Bonchev–Trinajstić information content (AvgIpc) is 2.58. The Kier molecular flexibility index (Phi) is 4.22. The molecular formula is C8H16N4O2S. The van der Waals surface area contributed by atoms with Crippen LogP contribution in [0.25, 0.3) is 0 Å². The van der Waals surface area contributed by atoms with E-state index in [-0.39, 0.29) is 5.75 Å². The molecule has 1 heterocycles. The Hall–Kier alpha value is -0.950. The van der Waals surface area contributed by atoms with Gasteiger partial charge in [-0.15, -0.1) is 5.10 Å². The molecule has 2 N–H and O–H groups in total. The predicted octanol–water partition coefficient (Wildman–Crippen LogP) is -0.786. The van der Waals surface area contributed by atoms with Crippen molar-refractivity contribution in [2.24, 2.45) is 5.73 Å². The lowest BCUT2D eigenvalue weighted by atomic mass is 10.2. The molecule has 0 radical (unpaired) electrons. The van der Waals surface area contributed by atoms with Gasteiger partial charge in [0.2, 0.25) is 0 Å². The first-order chi connectivity index (χ1) is 7.01. The second-order valence-corrected chi connectivity index (χ2v) is 5.75. The summed E-state index contributed by atoms with van der Waals surface area (Å²) in [4.78, 5) is 0. The third kappa shape index (κ3) is 4.89. The highest BCUT2D eigenvalue weighted by molar-refractivity contribution is 7.90. The fourth-order valence-electron chi connectivity index (χ4n) is 1.10. The van der Waals surface area contributed by atoms with Crippen LogP contribution in [0.5, 0.6) is 0 Å². The van der Waals surface area contributed by atoms with Crippen molar-refractivity contribution in [1.82, 2.24) is 15.0 Å². The molecule has 0 saturated carbocycles. The molecule has 6 nitrogen and oxygen atoms in total. The van der Waals surface area contributed by atoms with Crippen LogP contribution in [0.3, 0.4) is 0 Å². The second-order valence-electron chi connectivity index (χ2n) is 3.50. The van der Waals surface area contributed by atoms with Crippen molar-refractivity contribution >= 4 is 9.84 Å². The molecule has 0 saturated heterocycles. The van der Waals surface area contributed by atoms with E-state index >= 15 is 0 Å². The lowest BCUT2D eigenvalue weighted by Gasteiger charge is -1.97. The minimum absolute atomic E-state index is 0.0900. The number of aromatic nitrogens is 3. The topological polar surface area (TPSA) is 90.9 Å². The maximum atomic E-state index is 10.9. The Labute approximate surface area is 89.4 Å². The van der Waals surface area contributed by atoms with Gasteiger partial charge in [-0.25, -0.2) is 8.42 Å². The van der Waals surface area contributed by atoms with Gasteiger partial charge in [0.05, 0.1) is 18.0 Å². The summed E-state index contributed by atoms with van der Waals surface area (Å²) in [5.74, 6) is 0.0900. The number of hydrogen-bond acceptors (Lipinski definition) is 5. The molecule has 1 aromatic rings. The van der Waals surface area contributed by atoms with Crippen molar-refractivity contribution in [2.75, 3.05) is 18.6 Å². The smallest absolute Gasteiger partial charge is 0.149 e. The van der Waals surface area contributed by atoms with Crippen molar-refractivity contribution in [3.8, 4) is 0 Å². The molecule has 0 aliphatic rings. The molecule has 0 aliphatic heterocycles. The monoisotopic (exact) mass is 232 g/mol. The van der Waals surface area contributed by atoms with Crippen LogP contribution in [0.1, 0.15) is 12.1 Å². The van der Waals surface area contributed by atoms with Crippen LogP contribution >= 0.6 is 0 Å². The summed E-state index contributed by atoms with van der Waals surface area (Å²) in [6.07, 6.45) is 4.63. The minimum Gasteiger partial charge on any atom is -0.330 e. The molecular weight excluding hydrogens is 216 g/mol. The number of rotatable bonds is 6. The highest BCUT2D eigenvalue weighted by atomic mass is 32.2. The summed E-state index contributed by atoms with van der Waals surface area (Å²) in [7, 11) is -2.94. The number of aryl methyl sites for hydroxylation is 2. The van der Waals surface area contributed by atoms with E-state index in [9.17, 15) is 8.42 Å². The Morgan fingerprint density at radius 1 is 1.53 bits per heavy atom. The number of hydrogen-bond donors (Lipinski definition) is 1. The minimum atomic E-state index is -2.94. The van der Waals surface area contributed by atoms with Crippen LogP contribution in [0.2, 0.25) is 0 Å². The third-order valence-corrected chi connectivity index (χ3v) is 2.84. The largest absolute Gasteiger partial charge is 0.330 e. The molecule has 0 bridgehead atoms. The highest BCUT2D eigenvalue weighted by Crippen LogP contribution is 1.97. The molecule has 1 aromatic heterocycles. The number of nitrogens with zero attached hydrogens (tertiary/aromatic N) is 3. The summed E-state index contributed by atoms with van der Waals surface area (Å²) >= 11 is 0. The Balaban J connectivity index is 2.46. The van der Waals surface area contributed by atoms with Crippen molar-refractivity contribution in [1.29, 1.82) is 0 Å². The third-order valence-electron chi connectivity index (χ3n) is 1.91. The maximum absolute atomic E-state index is 10.9. The molecule has 0 atom stereocenters. The Morgan fingerprint density at radius 2 is 2.27 bits per heavy atom. The van der Waals surface area contributed by atoms with E-state index in [0.29, 0.717) is 13.1 Å². The molecule has 0 aliphatic carbocycles. The average molecular weight is 232 g/mol. The summed E-state index contributed by atoms with van der Waals surface area (Å²) in [5.41, 5.74) is 6.22. The van der Waals surface area contributed by atoms with Crippen LogP contribution < -0.4 is 5.73 Å². The van der Waals surface area contributed by atoms with Gasteiger partial charge in [-0.2, -0.15) is 0 Å². The van der Waals surface area contributed by atoms with Gasteiger partial charge in [0.1, 0.15) is 9.84 Å². The van der Waals surface area contributed by atoms with E-state index in [1.165, 1.54) is 6.26 Å². The van der Waals surface area contributed by atoms with Gasteiger partial charge in [0.25, 0.3) is 0 Å². The van der Waals surface area contributed by atoms with Crippen molar-refractivity contribution in [3.05, 3.63) is 11.9 Å². The van der Waals surface area contributed by atoms with Crippen LogP contribution in [0, 0.1) is 0 Å². The van der Waals surface area contributed by atoms with Crippen molar-refractivity contribution in [3.63, 3.8) is 0 Å². The van der Waals surface area contributed by atoms with Gasteiger partial charge in [0, 0.05) is 12.5 Å². The van der Waals surface area contributed by atoms with Crippen LogP contribution in [-0.4, -0.2) is 42.0 Å². The zero-order valence-corrected chi connectivity index (χ0v) is 9.57. The van der Waals surface area contributed by atoms with Crippen LogP contribution in [-0.2, 0) is 22.8 Å². The molecule has 7 heteroatoms. The van der Waals surface area contributed by atoms with E-state index in [1.54, 1.807) is 10.9 Å². The quantitative estimate of drug-likeness (QED) is 0.694. The molecule has 15 heavy (non-hydrogen) atoms. The molecule has 0 fully saturated rings. The van der Waals surface area contributed by atoms with Crippen molar-refractivity contribution in [2.45, 2.75) is 19.4 Å². The van der Waals surface area contributed by atoms with Gasteiger partial charge < -0.3 is 5.73 Å². The number of sulfone groups is 1. The van der Waals surface area contributed by atoms with Crippen LogP contribution in [0.15, 0.2) is 6.20 Å². The fourth-order valence-corrected chi connectivity index (χ4v) is 1.62. The van der Waals surface area contributed by atoms with E-state index in [1.807, 2.05) is 0 Å². The Bertz CT molecular complexity index is 399. The van der Waals surface area contributed by atoms with E-state index in [4.69, 9.17) is 5.73 Å². The first kappa shape index (κ1) is 12.1. The maximum Gasteiger partial charge on any atom is 0.149 e. The zero-order valence-electron chi connectivity index (χ0n) is 8.76. The molecule has 1 rings (SSSR count). The number of nitrogens with two attached hydrogens (primary N) is 1. The van der Waals surface area contributed by atoms with E-state index < -0.39 is 9.84 Å². The summed E-state index contributed by atoms with van der Waals surface area (Å²) in [6.45, 7) is 0.977. The molecule has 0 spiro atoms. The van der Waals surface area contributed by atoms with Gasteiger partial charge in [-0.3, -0.25) is 4.68 Å². The van der Waals surface area contributed by atoms with Gasteiger partial charge in [0.15, 0.2) is 0 Å². The van der Waals surface area contributed by atoms with Crippen LogP contribution in [0.4, 0.5) is 0 Å². The summed E-state index contributed by atoms with van der Waals surface area (Å²) in [6, 6.07) is 0. The zero-order chi connectivity index (χ0) is 11.3. The van der Waals surface area contributed by atoms with Gasteiger partial charge >= 0.3 is 0 Å². The normalized spacial score (nSPS) is 11.9. The summed E-state index contributed by atoms with van der Waals surface area (Å²) < 4.78 is 23.4. The van der Waals surface area contributed by atoms with Gasteiger partial charge in [-0.1, -0.05) is 5.21 Å². The first-order valence-electron chi connectivity index (χ1n) is 4.78. The van der Waals surface area contributed by atoms with Crippen molar-refractivity contribution < 1.29 is 8.42 Å². The fraction of sp³-hybridized carbons (Fsp3) is 0.750.